The van der Waals surface area contributed by atoms with Crippen molar-refractivity contribution in [3.05, 3.63) is 58.5 Å². The number of amides is 4. The van der Waals surface area contributed by atoms with E-state index >= 15 is 0 Å². The molecule has 0 unspecified atom stereocenters. The quantitative estimate of drug-likeness (QED) is 0.524. The van der Waals surface area contributed by atoms with Crippen LogP contribution in [0, 0.1) is 6.92 Å². The monoisotopic (exact) mass is 525 g/mol. The Balaban J connectivity index is 1.39. The molecule has 2 aliphatic heterocycles. The molecule has 0 bridgehead atoms. The highest BCUT2D eigenvalue weighted by atomic mass is 32.2. The molecule has 11 heteroatoms. The second kappa shape index (κ2) is 11.9. The van der Waals surface area contributed by atoms with Crippen LogP contribution in [0.4, 0.5) is 10.5 Å². The number of para-hydroxylation sites is 1. The van der Waals surface area contributed by atoms with Crippen molar-refractivity contribution in [2.24, 2.45) is 0 Å². The first-order valence-electron chi connectivity index (χ1n) is 11.6. The third-order valence-electron chi connectivity index (χ3n) is 5.79. The lowest BCUT2D eigenvalue weighted by atomic mass is 10.2. The molecule has 4 amide bonds. The Labute approximate surface area is 218 Å². The van der Waals surface area contributed by atoms with Crippen LogP contribution in [-0.2, 0) is 19.1 Å². The number of rotatable bonds is 8. The van der Waals surface area contributed by atoms with E-state index in [-0.39, 0.29) is 29.9 Å². The van der Waals surface area contributed by atoms with Crippen molar-refractivity contribution in [2.75, 3.05) is 51.9 Å². The average molecular weight is 526 g/mol. The molecule has 2 aromatic carbocycles. The molecular weight excluding hydrogens is 498 g/mol. The van der Waals surface area contributed by atoms with Gasteiger partial charge in [-0.25, -0.2) is 0 Å². The van der Waals surface area contributed by atoms with E-state index in [4.69, 9.17) is 14.2 Å². The number of nitrogens with zero attached hydrogens (tertiary/aromatic N) is 2. The van der Waals surface area contributed by atoms with Gasteiger partial charge in [-0.1, -0.05) is 24.3 Å². The number of nitrogens with one attached hydrogen (secondary N) is 1. The summed E-state index contributed by atoms with van der Waals surface area (Å²) in [4.78, 5) is 52.8. The minimum Gasteiger partial charge on any atom is -0.493 e. The van der Waals surface area contributed by atoms with Gasteiger partial charge in [-0.15, -0.1) is 0 Å². The minimum atomic E-state index is -0.524. The lowest BCUT2D eigenvalue weighted by Crippen LogP contribution is -2.46. The summed E-state index contributed by atoms with van der Waals surface area (Å²) in [5.74, 6) is -0.422. The van der Waals surface area contributed by atoms with E-state index in [1.165, 1.54) is 7.11 Å². The molecule has 194 valence electrons. The number of anilines is 1. The number of carbonyl (C=O) groups is 4. The first-order chi connectivity index (χ1) is 17.9. The minimum absolute atomic E-state index is 0.202. The van der Waals surface area contributed by atoms with Crippen LogP contribution in [0.2, 0.25) is 0 Å². The molecule has 4 rings (SSSR count). The van der Waals surface area contributed by atoms with Crippen molar-refractivity contribution < 1.29 is 33.4 Å². The van der Waals surface area contributed by atoms with Gasteiger partial charge in [0.15, 0.2) is 18.1 Å². The topological polar surface area (TPSA) is 114 Å². The van der Waals surface area contributed by atoms with Gasteiger partial charge in [0, 0.05) is 18.8 Å². The average Bonchev–Trinajstić information content (AvgIpc) is 3.16. The SMILES string of the molecule is COc1cc(/C=C2\SC(=O)N(CC(=O)N3CCOCC3)C2=O)ccc1OCC(=O)Nc1ccccc1C. The summed E-state index contributed by atoms with van der Waals surface area (Å²) in [6.07, 6.45) is 1.56. The maximum atomic E-state index is 12.8. The lowest BCUT2D eigenvalue weighted by Gasteiger charge is -2.28. The number of benzene rings is 2. The summed E-state index contributed by atoms with van der Waals surface area (Å²) in [6, 6.07) is 12.4. The Morgan fingerprint density at radius 1 is 1.11 bits per heavy atom. The predicted octanol–water partition coefficient (Wildman–Crippen LogP) is 2.92. The number of morpholine rings is 1. The van der Waals surface area contributed by atoms with E-state index in [1.807, 2.05) is 31.2 Å². The summed E-state index contributed by atoms with van der Waals surface area (Å²) in [5.41, 5.74) is 2.24. The number of imide groups is 1. The van der Waals surface area contributed by atoms with E-state index in [1.54, 1.807) is 29.2 Å². The van der Waals surface area contributed by atoms with Gasteiger partial charge < -0.3 is 24.4 Å². The molecule has 2 heterocycles. The summed E-state index contributed by atoms with van der Waals surface area (Å²) in [7, 11) is 1.46. The van der Waals surface area contributed by atoms with Gasteiger partial charge in [0.1, 0.15) is 6.54 Å². The van der Waals surface area contributed by atoms with Crippen LogP contribution in [0.5, 0.6) is 11.5 Å². The highest BCUT2D eigenvalue weighted by molar-refractivity contribution is 8.18. The summed E-state index contributed by atoms with van der Waals surface area (Å²) in [5, 5.41) is 2.30. The standard InChI is InChI=1S/C26H27N3O7S/c1-17-5-3-4-6-19(17)27-23(30)16-36-20-8-7-18(13-21(20)34-2)14-22-25(32)29(26(33)37-22)15-24(31)28-9-11-35-12-10-28/h3-8,13-14H,9-12,15-16H2,1-2H3,(H,27,30)/b22-14-. The predicted molar refractivity (Wildman–Crippen MR) is 138 cm³/mol. The van der Waals surface area contributed by atoms with Crippen molar-refractivity contribution in [2.45, 2.75) is 6.92 Å². The number of ether oxygens (including phenoxy) is 3. The third kappa shape index (κ3) is 6.49. The molecule has 1 N–H and O–H groups in total. The fraction of sp³-hybridized carbons (Fsp3) is 0.308. The van der Waals surface area contributed by atoms with E-state index in [9.17, 15) is 19.2 Å². The van der Waals surface area contributed by atoms with Gasteiger partial charge in [0.05, 0.1) is 25.2 Å². The number of carbonyl (C=O) groups excluding carboxylic acids is 4. The normalized spacial score (nSPS) is 16.8. The lowest BCUT2D eigenvalue weighted by molar-refractivity contribution is -0.139. The van der Waals surface area contributed by atoms with Crippen molar-refractivity contribution in [3.63, 3.8) is 0 Å². The largest absolute Gasteiger partial charge is 0.493 e. The Kier molecular flexibility index (Phi) is 8.47. The van der Waals surface area contributed by atoms with Crippen LogP contribution in [0.1, 0.15) is 11.1 Å². The van der Waals surface area contributed by atoms with E-state index in [0.29, 0.717) is 49.1 Å². The molecule has 0 spiro atoms. The maximum Gasteiger partial charge on any atom is 0.294 e. The van der Waals surface area contributed by atoms with Crippen molar-refractivity contribution in [1.82, 2.24) is 9.80 Å². The second-order valence-corrected chi connectivity index (χ2v) is 9.32. The molecule has 37 heavy (non-hydrogen) atoms. The molecule has 2 aliphatic rings. The van der Waals surface area contributed by atoms with Crippen LogP contribution in [-0.4, -0.2) is 79.3 Å². The van der Waals surface area contributed by atoms with Crippen molar-refractivity contribution in [3.8, 4) is 11.5 Å². The van der Waals surface area contributed by atoms with Crippen LogP contribution >= 0.6 is 11.8 Å². The molecular formula is C26H27N3O7S. The molecule has 2 fully saturated rings. The summed E-state index contributed by atoms with van der Waals surface area (Å²) in [6.45, 7) is 3.12. The zero-order valence-corrected chi connectivity index (χ0v) is 21.3. The molecule has 0 radical (unpaired) electrons. The van der Waals surface area contributed by atoms with Crippen LogP contribution in [0.15, 0.2) is 47.4 Å². The Bertz CT molecular complexity index is 1240. The molecule has 0 saturated carbocycles. The fourth-order valence-corrected chi connectivity index (χ4v) is 4.61. The zero-order valence-electron chi connectivity index (χ0n) is 20.5. The first kappa shape index (κ1) is 26.2. The van der Waals surface area contributed by atoms with E-state index < -0.39 is 11.1 Å². The van der Waals surface area contributed by atoms with Gasteiger partial charge in [-0.3, -0.25) is 24.1 Å². The zero-order chi connectivity index (χ0) is 26.4. The third-order valence-corrected chi connectivity index (χ3v) is 6.70. The number of hydrogen-bond donors (Lipinski definition) is 1. The van der Waals surface area contributed by atoms with Gasteiger partial charge in [0.2, 0.25) is 5.91 Å². The van der Waals surface area contributed by atoms with Crippen LogP contribution in [0.3, 0.4) is 0 Å². The van der Waals surface area contributed by atoms with E-state index in [0.717, 1.165) is 22.2 Å². The highest BCUT2D eigenvalue weighted by Gasteiger charge is 2.37. The first-order valence-corrected chi connectivity index (χ1v) is 12.4. The molecule has 0 atom stereocenters. The van der Waals surface area contributed by atoms with Gasteiger partial charge in [-0.05, 0) is 54.1 Å². The summed E-state index contributed by atoms with van der Waals surface area (Å²) < 4.78 is 16.3. The Morgan fingerprint density at radius 2 is 1.86 bits per heavy atom. The number of hydrogen-bond acceptors (Lipinski definition) is 8. The highest BCUT2D eigenvalue weighted by Crippen LogP contribution is 2.34. The molecule has 2 saturated heterocycles. The Morgan fingerprint density at radius 3 is 2.59 bits per heavy atom. The van der Waals surface area contributed by atoms with Crippen LogP contribution < -0.4 is 14.8 Å². The second-order valence-electron chi connectivity index (χ2n) is 8.32. The van der Waals surface area contributed by atoms with Gasteiger partial charge in [0.25, 0.3) is 17.1 Å². The number of methoxy groups -OCH3 is 1. The smallest absolute Gasteiger partial charge is 0.294 e. The fourth-order valence-electron chi connectivity index (χ4n) is 3.77. The molecule has 2 aromatic rings. The molecule has 0 aliphatic carbocycles. The maximum absolute atomic E-state index is 12.8. The molecule has 0 aromatic heterocycles. The Hall–Kier alpha value is -3.83. The number of aryl methyl sites for hydroxylation is 1. The van der Waals surface area contributed by atoms with Gasteiger partial charge in [-0.2, -0.15) is 0 Å². The van der Waals surface area contributed by atoms with E-state index in [2.05, 4.69) is 5.32 Å². The molecule has 10 nitrogen and oxygen atoms in total. The summed E-state index contributed by atoms with van der Waals surface area (Å²) >= 11 is 0.777. The number of thioether (sulfide) groups is 1. The van der Waals surface area contributed by atoms with Crippen LogP contribution in [0.25, 0.3) is 6.08 Å². The van der Waals surface area contributed by atoms with Gasteiger partial charge >= 0.3 is 0 Å². The van der Waals surface area contributed by atoms with Crippen molar-refractivity contribution >= 4 is 46.5 Å². The van der Waals surface area contributed by atoms with Crippen molar-refractivity contribution in [1.29, 1.82) is 0 Å².